The van der Waals surface area contributed by atoms with E-state index in [1.807, 2.05) is 33.8 Å². The Morgan fingerprint density at radius 2 is 1.19 bits per heavy atom. The molecule has 8 heterocycles. The van der Waals surface area contributed by atoms with Gasteiger partial charge < -0.3 is 41.6 Å². The number of aliphatic hydroxyl groups is 2. The Morgan fingerprint density at radius 1 is 0.667 bits per heavy atom. The molecule has 1 aliphatic rings. The second-order valence-corrected chi connectivity index (χ2v) is 26.0. The fraction of sp³-hybridized carbons (Fsp3) is 0.282. The van der Waals surface area contributed by atoms with E-state index in [4.69, 9.17) is 64.5 Å². The summed E-state index contributed by atoms with van der Waals surface area (Å²) >= 11 is 16.6. The molecule has 9 N–H and O–H groups in total. The van der Waals surface area contributed by atoms with Crippen LogP contribution in [0.5, 0.6) is 0 Å². The monoisotopic (exact) mass is 1690 g/mol. The van der Waals surface area contributed by atoms with E-state index in [9.17, 15) is 28.2 Å². The number of carbonyl (C=O) groups is 2. The van der Waals surface area contributed by atoms with Crippen LogP contribution in [0.25, 0.3) is 33.4 Å². The Balaban J connectivity index is 0.000000279. The van der Waals surface area contributed by atoms with E-state index in [0.717, 1.165) is 39.0 Å². The fourth-order valence-electron chi connectivity index (χ4n) is 8.81. The predicted octanol–water partition coefficient (Wildman–Crippen LogP) is 11.8. The first kappa shape index (κ1) is 65.7. The Morgan fingerprint density at radius 3 is 1.55 bits per heavy atom. The zero-order valence-corrected chi connectivity index (χ0v) is 63.8. The van der Waals surface area contributed by atoms with Crippen molar-refractivity contribution in [2.24, 2.45) is 27.9 Å². The van der Waals surface area contributed by atoms with E-state index in [0.29, 0.717) is 81.6 Å². The second-order valence-electron chi connectivity index (χ2n) is 22.8. The summed E-state index contributed by atoms with van der Waals surface area (Å²) in [4.78, 5) is 32.2. The Bertz CT molecular complexity index is 5240. The van der Waals surface area contributed by atoms with E-state index in [1.54, 1.807) is 118 Å². The molecular formula is C71H85BBrCl2F2IN16O10S. The number of amides is 2. The molecule has 34 heteroatoms. The molecule has 560 valence electrons. The molecule has 11 aromatic rings. The molecule has 0 spiro atoms. The van der Waals surface area contributed by atoms with Crippen molar-refractivity contribution in [1.82, 2.24) is 69.9 Å². The number of hydrogen-bond acceptors (Lipinski definition) is 19. The number of carbonyl (C=O) groups excluding carboxylic acids is 2. The number of nitrogens with one attached hydrogen (secondary N) is 3. The highest BCUT2D eigenvalue weighted by molar-refractivity contribution is 14.1. The number of anilines is 2. The molecule has 105 heavy (non-hydrogen) atoms. The molecule has 1 fully saturated rings. The number of alkyl halides is 1. The highest BCUT2D eigenvalue weighted by Crippen LogP contribution is 2.38. The summed E-state index contributed by atoms with van der Waals surface area (Å²) in [5.74, 6) is -2.59. The van der Waals surface area contributed by atoms with E-state index < -0.39 is 104 Å². The summed E-state index contributed by atoms with van der Waals surface area (Å²) in [5, 5.41) is 46.7. The molecule has 1 aliphatic heterocycles. The van der Waals surface area contributed by atoms with E-state index in [1.165, 1.54) is 84.0 Å². The number of aliphatic hydroxyl groups excluding tert-OH is 2. The van der Waals surface area contributed by atoms with Gasteiger partial charge >= 0.3 is 17.5 Å². The normalized spacial score (nSPS) is 15.6. The average molecular weight is 1700 g/mol. The summed E-state index contributed by atoms with van der Waals surface area (Å²) in [6, 6.07) is 28.5. The first-order valence-electron chi connectivity index (χ1n) is 38.1. The van der Waals surface area contributed by atoms with Gasteiger partial charge in [0.25, 0.3) is 11.8 Å². The minimum absolute atomic E-state index is 0.127. The summed E-state index contributed by atoms with van der Waals surface area (Å²) in [7, 11) is -2.26. The molecule has 4 aromatic carbocycles. The summed E-state index contributed by atoms with van der Waals surface area (Å²) in [6.07, 6.45) is 13.7. The summed E-state index contributed by atoms with van der Waals surface area (Å²) in [5.41, 5.74) is 17.0. The third kappa shape index (κ3) is 25.5. The Labute approximate surface area is 663 Å². The van der Waals surface area contributed by atoms with Gasteiger partial charge in [0.2, 0.25) is 0 Å². The van der Waals surface area contributed by atoms with Crippen molar-refractivity contribution >= 4 is 108 Å². The van der Waals surface area contributed by atoms with Gasteiger partial charge in [-0.15, -0.1) is 0 Å². The van der Waals surface area contributed by atoms with Crippen molar-refractivity contribution in [1.29, 1.82) is 0 Å². The number of nitrogen functional groups attached to an aromatic ring is 2. The van der Waals surface area contributed by atoms with Crippen molar-refractivity contribution in [3.63, 3.8) is 0 Å². The highest BCUT2D eigenvalue weighted by atomic mass is 127. The Hall–Kier alpha value is -8.81. The van der Waals surface area contributed by atoms with Crippen LogP contribution >= 0.6 is 61.7 Å². The van der Waals surface area contributed by atoms with Gasteiger partial charge in [-0.05, 0) is 170 Å². The van der Waals surface area contributed by atoms with Gasteiger partial charge in [0.05, 0.1) is 78.7 Å². The third-order valence-electron chi connectivity index (χ3n) is 15.3. The minimum atomic E-state index is -3.66. The van der Waals surface area contributed by atoms with Gasteiger partial charge in [0.15, 0.2) is 0 Å². The smallest absolute Gasteiger partial charge is 0.399 e. The molecule has 12 rings (SSSR count). The lowest BCUT2D eigenvalue weighted by Gasteiger charge is -2.32. The van der Waals surface area contributed by atoms with Crippen LogP contribution in [0, 0.1) is 32.4 Å². The minimum Gasteiger partial charge on any atom is -0.399 e. The molecule has 0 radical (unpaired) electrons. The summed E-state index contributed by atoms with van der Waals surface area (Å²) < 4.78 is 179. The molecule has 0 unspecified atom stereocenters. The molecule has 0 bridgehead atoms. The largest absolute Gasteiger partial charge is 0.496 e. The zero-order valence-electron chi connectivity index (χ0n) is 72.7. The number of rotatable bonds is 14. The number of benzene rings is 4. The first-order valence-corrected chi connectivity index (χ1v) is 34.6. The quantitative estimate of drug-likeness (QED) is 0.0302. The van der Waals surface area contributed by atoms with Crippen molar-refractivity contribution < 1.29 is 75.2 Å². The van der Waals surface area contributed by atoms with Crippen LogP contribution in [0.4, 0.5) is 20.4 Å². The molecule has 2 atom stereocenters. The maximum Gasteiger partial charge on any atom is 0.496 e. The van der Waals surface area contributed by atoms with Crippen molar-refractivity contribution in [2.45, 2.75) is 71.8 Å². The van der Waals surface area contributed by atoms with Gasteiger partial charge in [-0.2, -0.15) is 33.9 Å². The SMILES string of the molecule is CC1(C)OB(c2cnc(N)c(-c3ccc(C(=O)N[C@H](CO)c4cccc(Cl)c4)c(F)c3)c2)OC1(C)C.COS(=O)(=O)OC.[2H]C([2H])([2H])I.[2H]C([2H])([2H])n1cccn1.[2H]C([2H])([2H])n1ncc(-c2cnc(N)c(-c3ccc(C(=O)N[C@H](CO)c4cccc(Cl)c4)c(F)c3)c2)c1C.[2H]C([2H])([2H])n1ncc(Br)c1C.[2H]C([2H])([2H])n1nccc1C.c1cn[nH]c1. The number of H-pyrrole nitrogens is 1. The average Bonchev–Trinajstić information content (AvgIpc) is 1.61. The number of aromatic nitrogens is 12. The Kier molecular flexibility index (Phi) is 25.8. The van der Waals surface area contributed by atoms with E-state index >= 15 is 8.78 Å². The van der Waals surface area contributed by atoms with E-state index in [-0.39, 0.29) is 29.4 Å². The number of hydrogen-bond donors (Lipinski definition) is 7. The number of halogens is 6. The summed E-state index contributed by atoms with van der Waals surface area (Å²) in [6.45, 7) is 3.19. The number of nitrogens with zero attached hydrogens (tertiary/aromatic N) is 11. The van der Waals surface area contributed by atoms with Crippen molar-refractivity contribution in [3.05, 3.63) is 237 Å². The molecule has 7 aromatic heterocycles. The fourth-order valence-corrected chi connectivity index (χ4v) is 9.60. The lowest BCUT2D eigenvalue weighted by Crippen LogP contribution is -2.41. The zero-order chi connectivity index (χ0) is 90.4. The van der Waals surface area contributed by atoms with Gasteiger partial charge in [-0.3, -0.25) is 41.8 Å². The number of aromatic amines is 1. The van der Waals surface area contributed by atoms with Gasteiger partial charge in [0, 0.05) is 147 Å². The van der Waals surface area contributed by atoms with Crippen LogP contribution in [0.15, 0.2) is 176 Å². The molecule has 26 nitrogen and oxygen atoms in total. The topological polar surface area (TPSA) is 348 Å². The predicted molar refractivity (Wildman–Crippen MR) is 416 cm³/mol. The third-order valence-corrected chi connectivity index (χ3v) is 17.4. The number of aryl methyl sites for hydroxylation is 5. The van der Waals surface area contributed by atoms with Gasteiger partial charge in [-0.25, -0.2) is 18.7 Å². The maximum atomic E-state index is 15.1. The van der Waals surface area contributed by atoms with E-state index in [2.05, 4.69) is 75.5 Å². The van der Waals surface area contributed by atoms with Crippen LogP contribution in [0.1, 0.15) is 109 Å². The van der Waals surface area contributed by atoms with Crippen LogP contribution in [-0.4, -0.2) is 140 Å². The van der Waals surface area contributed by atoms with Crippen LogP contribution in [0.2, 0.25) is 10.0 Å². The highest BCUT2D eigenvalue weighted by Gasteiger charge is 2.52. The van der Waals surface area contributed by atoms with Crippen LogP contribution in [0.3, 0.4) is 0 Å². The maximum absolute atomic E-state index is 15.1. The second kappa shape index (κ2) is 41.2. The molecule has 0 saturated carbocycles. The van der Waals surface area contributed by atoms with Crippen LogP contribution < -0.4 is 27.6 Å². The number of nitrogens with two attached hydrogens (primary N) is 2. The number of pyridine rings is 2. The lowest BCUT2D eigenvalue weighted by atomic mass is 9.79. The van der Waals surface area contributed by atoms with Crippen molar-refractivity contribution in [2.75, 3.05) is 43.8 Å². The molecule has 2 amide bonds. The molecule has 1 saturated heterocycles. The molecule has 0 aliphatic carbocycles. The molecular weight excluding hydrogens is 1600 g/mol. The van der Waals surface area contributed by atoms with Gasteiger partial charge in [-0.1, -0.05) is 82.2 Å². The van der Waals surface area contributed by atoms with Gasteiger partial charge in [0.1, 0.15) is 23.3 Å². The van der Waals surface area contributed by atoms with Crippen LogP contribution in [-0.2, 0) is 56.0 Å². The van der Waals surface area contributed by atoms with Crippen molar-refractivity contribution in [3.8, 4) is 33.4 Å². The lowest BCUT2D eigenvalue weighted by molar-refractivity contribution is 0.00578. The first-order chi connectivity index (χ1) is 55.6. The standard InChI is InChI=1S/C26H28BClFN3O4.C25H23ClFN5O2.C5H7BrN2.C5H8N2.C4H6N2.C3H4N2.C2H6O4S.CH3I/c1-25(2)26(3,4)36-27(35-25)17-12-20(23(30)31-13-17)15-8-9-19(21(29)11-15)24(34)32-22(14-33)16-6-5-7-18(28)10-16;1-14-21(12-30-32(14)2)17-9-20(24(28)29-11-17)15-6-7-19(22(27)10-15)25(34)31-23(13-33)16-4-3-5-18(26)8-16;1-4-5(6)3-7-8(4)2;1-5-3-4-6-7(5)2;1-6-4-2-3-5-6;1-2-4-5-3-1;1-5-7(3,4)6-2;1-2/h5-13,22,33H,14H2,1-4H3,(H2,30,31)(H,32,34);3-12,23,33H,13H2,1-2H3,(H2,28,29)(H,31,34);3H,1-2H3;3-4H,1-2H3;2-4H,1H3;1-3H,(H,4,5);1-2H3;1H3/t22-;23-;;;;;;/m11....../s1/i;3*2D3;1D3;;;1D3.